The Balaban J connectivity index is 3.14. The second-order valence-corrected chi connectivity index (χ2v) is 8.20. The molecule has 1 rings (SSSR count). The largest absolute Gasteiger partial charge is 0.473 e. The molecule has 150 valence electrons. The van der Waals surface area contributed by atoms with E-state index in [1.54, 1.807) is 0 Å². The van der Waals surface area contributed by atoms with E-state index < -0.39 is 29.2 Å². The quantitative estimate of drug-likeness (QED) is 0.270. The van der Waals surface area contributed by atoms with Gasteiger partial charge in [0, 0.05) is 0 Å². The lowest BCUT2D eigenvalue weighted by Crippen LogP contribution is -2.25. The van der Waals surface area contributed by atoms with Crippen LogP contribution >= 0.6 is 34.8 Å². The second-order valence-electron chi connectivity index (χ2n) is 7.01. The summed E-state index contributed by atoms with van der Waals surface area (Å²) >= 11 is 17.9. The van der Waals surface area contributed by atoms with Crippen LogP contribution in [0.2, 0.25) is 15.1 Å². The molecule has 0 spiro atoms. The molecule has 1 N–H and O–H groups in total. The van der Waals surface area contributed by atoms with Crippen LogP contribution in [-0.2, 0) is 14.3 Å². The first-order valence-corrected chi connectivity index (χ1v) is 9.32. The first-order valence-electron chi connectivity index (χ1n) is 8.19. The molecule has 0 bridgehead atoms. The zero-order valence-electron chi connectivity index (χ0n) is 15.4. The minimum absolute atomic E-state index is 0.0670. The molecular weight excluding hydrogens is 419 g/mol. The van der Waals surface area contributed by atoms with Crippen molar-refractivity contribution in [3.63, 3.8) is 0 Å². The maximum atomic E-state index is 12.6. The molecule has 1 unspecified atom stereocenters. The van der Waals surface area contributed by atoms with Crippen molar-refractivity contribution in [2.24, 2.45) is 11.3 Å². The predicted octanol–water partition coefficient (Wildman–Crippen LogP) is 5.26. The van der Waals surface area contributed by atoms with Crippen LogP contribution < -0.4 is 4.74 Å². The Morgan fingerprint density at radius 3 is 2.30 bits per heavy atom. The summed E-state index contributed by atoms with van der Waals surface area (Å²) < 4.78 is 10.0. The number of carbonyl (C=O) groups excluding carboxylic acids is 2. The van der Waals surface area contributed by atoms with Gasteiger partial charge < -0.3 is 14.6 Å². The lowest BCUT2D eigenvalue weighted by molar-refractivity contribution is -0.158. The number of hydrogen-bond donors (Lipinski definition) is 1. The van der Waals surface area contributed by atoms with Gasteiger partial charge in [0.15, 0.2) is 5.75 Å². The fraction of sp³-hybridized carbons (Fsp3) is 0.500. The van der Waals surface area contributed by atoms with Crippen LogP contribution in [-0.4, -0.2) is 29.6 Å². The van der Waals surface area contributed by atoms with E-state index in [9.17, 15) is 14.4 Å². The standard InChI is InChI=1S/C18H21Cl3O6/c1-5-9(2)7-18(3,4)8-26-16(24)12-13(21)10(19)6-11(20)14(12)27-17(25)15(22)23/h6,9H,5,7-8H2,1-4H3,(H,22,23). The van der Waals surface area contributed by atoms with Crippen LogP contribution in [0.3, 0.4) is 0 Å². The molecule has 0 fully saturated rings. The molecule has 9 heteroatoms. The van der Waals surface area contributed by atoms with Gasteiger partial charge in [0.05, 0.1) is 21.7 Å². The van der Waals surface area contributed by atoms with Crippen LogP contribution in [0.4, 0.5) is 0 Å². The SMILES string of the molecule is CCC(C)CC(C)(C)COC(=O)c1c(Cl)c(Cl)cc(Cl)c1OC(=O)C(=O)O. The van der Waals surface area contributed by atoms with Gasteiger partial charge in [-0.1, -0.05) is 68.9 Å². The van der Waals surface area contributed by atoms with Crippen molar-refractivity contribution in [1.29, 1.82) is 0 Å². The summed E-state index contributed by atoms with van der Waals surface area (Å²) in [7, 11) is 0. The molecule has 1 aromatic rings. The highest BCUT2D eigenvalue weighted by Gasteiger charge is 2.29. The highest BCUT2D eigenvalue weighted by Crippen LogP contribution is 2.40. The van der Waals surface area contributed by atoms with E-state index in [4.69, 9.17) is 49.4 Å². The van der Waals surface area contributed by atoms with Crippen LogP contribution in [0.5, 0.6) is 5.75 Å². The molecular formula is C18H21Cl3O6. The number of benzene rings is 1. The monoisotopic (exact) mass is 438 g/mol. The first kappa shape index (κ1) is 23.5. The normalized spacial score (nSPS) is 12.4. The molecule has 0 saturated carbocycles. The average Bonchev–Trinajstić information content (AvgIpc) is 2.57. The smallest absolute Gasteiger partial charge is 0.422 e. The molecule has 27 heavy (non-hydrogen) atoms. The Morgan fingerprint density at radius 2 is 1.78 bits per heavy atom. The van der Waals surface area contributed by atoms with Gasteiger partial charge in [-0.25, -0.2) is 14.4 Å². The Labute approximate surface area is 172 Å². The fourth-order valence-electron chi connectivity index (χ4n) is 2.48. The van der Waals surface area contributed by atoms with Gasteiger partial charge in [-0.15, -0.1) is 0 Å². The van der Waals surface area contributed by atoms with Gasteiger partial charge in [-0.05, 0) is 23.8 Å². The van der Waals surface area contributed by atoms with Crippen molar-refractivity contribution in [2.45, 2.75) is 40.5 Å². The van der Waals surface area contributed by atoms with Crippen molar-refractivity contribution in [1.82, 2.24) is 0 Å². The number of ether oxygens (including phenoxy) is 2. The van der Waals surface area contributed by atoms with E-state index in [-0.39, 0.29) is 27.1 Å². The maximum absolute atomic E-state index is 12.6. The Bertz CT molecular complexity index is 745. The third kappa shape index (κ3) is 6.55. The number of aliphatic carboxylic acids is 1. The summed E-state index contributed by atoms with van der Waals surface area (Å²) in [6.07, 6.45) is 1.81. The number of esters is 2. The number of halogens is 3. The Hall–Kier alpha value is -1.50. The van der Waals surface area contributed by atoms with E-state index in [2.05, 4.69) is 13.8 Å². The lowest BCUT2D eigenvalue weighted by atomic mass is 9.83. The molecule has 1 aromatic carbocycles. The van der Waals surface area contributed by atoms with Crippen LogP contribution in [0.15, 0.2) is 6.07 Å². The van der Waals surface area contributed by atoms with Crippen LogP contribution in [0.1, 0.15) is 50.9 Å². The van der Waals surface area contributed by atoms with Gasteiger partial charge in [0.1, 0.15) is 5.56 Å². The molecule has 0 heterocycles. The van der Waals surface area contributed by atoms with Crippen molar-refractivity contribution in [3.05, 3.63) is 26.7 Å². The lowest BCUT2D eigenvalue weighted by Gasteiger charge is -2.27. The van der Waals surface area contributed by atoms with Crippen LogP contribution in [0, 0.1) is 11.3 Å². The van der Waals surface area contributed by atoms with E-state index in [1.165, 1.54) is 0 Å². The van der Waals surface area contributed by atoms with E-state index in [0.717, 1.165) is 18.9 Å². The molecule has 0 aliphatic carbocycles. The summed E-state index contributed by atoms with van der Waals surface area (Å²) in [6.45, 7) is 8.14. The zero-order valence-corrected chi connectivity index (χ0v) is 17.7. The van der Waals surface area contributed by atoms with E-state index >= 15 is 0 Å². The van der Waals surface area contributed by atoms with Gasteiger partial charge in [-0.3, -0.25) is 0 Å². The Kier molecular flexibility index (Phi) is 8.39. The molecule has 0 radical (unpaired) electrons. The summed E-state index contributed by atoms with van der Waals surface area (Å²) in [5, 5.41) is 8.15. The minimum Gasteiger partial charge on any atom is -0.473 e. The van der Waals surface area contributed by atoms with Crippen molar-refractivity contribution in [2.75, 3.05) is 6.61 Å². The molecule has 1 atom stereocenters. The molecule has 0 aromatic heterocycles. The van der Waals surface area contributed by atoms with Crippen molar-refractivity contribution in [3.8, 4) is 5.75 Å². The van der Waals surface area contributed by atoms with Gasteiger partial charge in [0.2, 0.25) is 0 Å². The molecule has 0 saturated heterocycles. The number of carbonyl (C=O) groups is 3. The molecule has 0 amide bonds. The van der Waals surface area contributed by atoms with Crippen molar-refractivity contribution < 1.29 is 29.0 Å². The highest BCUT2D eigenvalue weighted by atomic mass is 35.5. The first-order chi connectivity index (χ1) is 12.4. The number of rotatable bonds is 7. The summed E-state index contributed by atoms with van der Waals surface area (Å²) in [4.78, 5) is 34.7. The van der Waals surface area contributed by atoms with Gasteiger partial charge in [-0.2, -0.15) is 0 Å². The predicted molar refractivity (Wildman–Crippen MR) is 103 cm³/mol. The maximum Gasteiger partial charge on any atom is 0.422 e. The fourth-order valence-corrected chi connectivity index (χ4v) is 3.20. The number of carboxylic acids is 1. The third-order valence-corrected chi connectivity index (χ3v) is 4.96. The molecule has 0 aliphatic heterocycles. The number of hydrogen-bond acceptors (Lipinski definition) is 5. The zero-order chi connectivity index (χ0) is 20.9. The highest BCUT2D eigenvalue weighted by molar-refractivity contribution is 6.46. The van der Waals surface area contributed by atoms with E-state index in [0.29, 0.717) is 5.92 Å². The number of carboxylic acid groups (broad SMARTS) is 1. The van der Waals surface area contributed by atoms with Gasteiger partial charge >= 0.3 is 17.9 Å². The molecule has 0 aliphatic rings. The second kappa shape index (κ2) is 9.62. The van der Waals surface area contributed by atoms with Crippen LogP contribution in [0.25, 0.3) is 0 Å². The van der Waals surface area contributed by atoms with E-state index in [1.807, 2.05) is 13.8 Å². The van der Waals surface area contributed by atoms with Crippen molar-refractivity contribution >= 4 is 52.7 Å². The third-order valence-electron chi connectivity index (χ3n) is 3.89. The molecule has 6 nitrogen and oxygen atoms in total. The Morgan fingerprint density at radius 1 is 1.19 bits per heavy atom. The summed E-state index contributed by atoms with van der Waals surface area (Å²) in [5.74, 6) is -4.47. The average molecular weight is 440 g/mol. The van der Waals surface area contributed by atoms with Gasteiger partial charge in [0.25, 0.3) is 0 Å². The minimum atomic E-state index is -1.86. The summed E-state index contributed by atoms with van der Waals surface area (Å²) in [6, 6.07) is 1.14. The topological polar surface area (TPSA) is 89.9 Å². The summed E-state index contributed by atoms with van der Waals surface area (Å²) in [5.41, 5.74) is -0.708.